The number of halogens is 1. The van der Waals surface area contributed by atoms with E-state index in [-0.39, 0.29) is 0 Å². The molecule has 0 saturated carbocycles. The predicted octanol–water partition coefficient (Wildman–Crippen LogP) is 4.78. The van der Waals surface area contributed by atoms with Crippen molar-refractivity contribution < 1.29 is 4.74 Å². The molecule has 2 heterocycles. The molecule has 1 aliphatic rings. The topological polar surface area (TPSA) is 38.2 Å². The molecule has 25 heavy (non-hydrogen) atoms. The van der Waals surface area contributed by atoms with Gasteiger partial charge in [0.05, 0.1) is 12.6 Å². The summed E-state index contributed by atoms with van der Waals surface area (Å²) in [6.07, 6.45) is 3.86. The Balaban J connectivity index is 1.57. The van der Waals surface area contributed by atoms with Crippen LogP contribution in [0.2, 0.25) is 0 Å². The molecule has 0 unspecified atom stereocenters. The normalized spacial score (nSPS) is 15.5. The third kappa shape index (κ3) is 3.21. The van der Waals surface area contributed by atoms with Crippen LogP contribution in [0.5, 0.6) is 5.75 Å². The van der Waals surface area contributed by atoms with Crippen LogP contribution < -0.4 is 9.64 Å². The molecular formula is C20H20BrN3O. The van der Waals surface area contributed by atoms with Crippen molar-refractivity contribution in [1.82, 2.24) is 9.97 Å². The Morgan fingerprint density at radius 3 is 2.68 bits per heavy atom. The van der Waals surface area contributed by atoms with Gasteiger partial charge in [-0.2, -0.15) is 0 Å². The van der Waals surface area contributed by atoms with Crippen molar-refractivity contribution in [1.29, 1.82) is 0 Å². The summed E-state index contributed by atoms with van der Waals surface area (Å²) in [5, 5.41) is 1.10. The van der Waals surface area contributed by atoms with E-state index >= 15 is 0 Å². The van der Waals surface area contributed by atoms with E-state index in [0.717, 1.165) is 52.9 Å². The van der Waals surface area contributed by atoms with Crippen LogP contribution in [0, 0.1) is 0 Å². The van der Waals surface area contributed by atoms with E-state index < -0.39 is 0 Å². The Hall–Kier alpha value is -2.14. The lowest BCUT2D eigenvalue weighted by atomic mass is 9.88. The third-order valence-corrected chi connectivity index (χ3v) is 5.44. The molecule has 1 saturated heterocycles. The van der Waals surface area contributed by atoms with E-state index in [1.807, 2.05) is 18.2 Å². The molecule has 1 aliphatic heterocycles. The van der Waals surface area contributed by atoms with Gasteiger partial charge in [0.1, 0.15) is 17.9 Å². The van der Waals surface area contributed by atoms with Crippen LogP contribution in [0.4, 0.5) is 5.82 Å². The molecular weight excluding hydrogens is 378 g/mol. The second-order valence-electron chi connectivity index (χ2n) is 6.36. The molecule has 0 radical (unpaired) electrons. The zero-order chi connectivity index (χ0) is 17.2. The molecule has 0 atom stereocenters. The van der Waals surface area contributed by atoms with Gasteiger partial charge in [-0.1, -0.05) is 34.1 Å². The molecule has 1 fully saturated rings. The highest BCUT2D eigenvalue weighted by Crippen LogP contribution is 2.36. The first-order valence-electron chi connectivity index (χ1n) is 8.54. The molecule has 4 rings (SSSR count). The first-order chi connectivity index (χ1) is 12.3. The van der Waals surface area contributed by atoms with Crippen LogP contribution in [0.25, 0.3) is 10.9 Å². The number of benzene rings is 2. The molecule has 1 aromatic heterocycles. The molecule has 2 aromatic carbocycles. The van der Waals surface area contributed by atoms with Crippen LogP contribution in [0.3, 0.4) is 0 Å². The van der Waals surface area contributed by atoms with Crippen LogP contribution in [-0.4, -0.2) is 30.2 Å². The molecule has 4 nitrogen and oxygen atoms in total. The van der Waals surface area contributed by atoms with Gasteiger partial charge >= 0.3 is 0 Å². The largest absolute Gasteiger partial charge is 0.496 e. The standard InChI is InChI=1S/C20H20BrN3O/c1-25-19-5-3-2-4-16(19)14-8-10-24(11-9-14)20-17-12-15(21)6-7-18(17)22-13-23-20/h2-7,12-14H,8-11H2,1H3. The van der Waals surface area contributed by atoms with Gasteiger partial charge in [-0.15, -0.1) is 0 Å². The smallest absolute Gasteiger partial charge is 0.139 e. The molecule has 128 valence electrons. The van der Waals surface area contributed by atoms with Gasteiger partial charge in [-0.05, 0) is 48.6 Å². The zero-order valence-electron chi connectivity index (χ0n) is 14.2. The molecule has 0 spiro atoms. The lowest BCUT2D eigenvalue weighted by molar-refractivity contribution is 0.397. The fourth-order valence-electron chi connectivity index (χ4n) is 3.67. The summed E-state index contributed by atoms with van der Waals surface area (Å²) in [7, 11) is 1.75. The highest BCUT2D eigenvalue weighted by Gasteiger charge is 2.24. The fraction of sp³-hybridized carbons (Fsp3) is 0.300. The van der Waals surface area contributed by atoms with Crippen LogP contribution >= 0.6 is 15.9 Å². The molecule has 5 heteroatoms. The van der Waals surface area contributed by atoms with Crippen LogP contribution in [0.1, 0.15) is 24.3 Å². The first-order valence-corrected chi connectivity index (χ1v) is 9.33. The van der Waals surface area contributed by atoms with Gasteiger partial charge in [0.25, 0.3) is 0 Å². The van der Waals surface area contributed by atoms with E-state index in [9.17, 15) is 0 Å². The fourth-order valence-corrected chi connectivity index (χ4v) is 4.03. The van der Waals surface area contributed by atoms with Crippen LogP contribution in [-0.2, 0) is 0 Å². The number of fused-ring (bicyclic) bond motifs is 1. The van der Waals surface area contributed by atoms with E-state index in [2.05, 4.69) is 55.1 Å². The Morgan fingerprint density at radius 1 is 1.08 bits per heavy atom. The average molecular weight is 398 g/mol. The lowest BCUT2D eigenvalue weighted by Gasteiger charge is -2.34. The summed E-state index contributed by atoms with van der Waals surface area (Å²) in [6, 6.07) is 14.5. The maximum absolute atomic E-state index is 5.54. The summed E-state index contributed by atoms with van der Waals surface area (Å²) in [5.74, 6) is 2.56. The maximum Gasteiger partial charge on any atom is 0.139 e. The summed E-state index contributed by atoms with van der Waals surface area (Å²) < 4.78 is 6.60. The number of rotatable bonds is 3. The lowest BCUT2D eigenvalue weighted by Crippen LogP contribution is -2.33. The number of anilines is 1. The van der Waals surface area contributed by atoms with E-state index in [4.69, 9.17) is 4.74 Å². The van der Waals surface area contributed by atoms with Gasteiger partial charge < -0.3 is 9.64 Å². The van der Waals surface area contributed by atoms with Crippen molar-refractivity contribution in [3.05, 3.63) is 58.8 Å². The second kappa shape index (κ2) is 7.00. The monoisotopic (exact) mass is 397 g/mol. The first kappa shape index (κ1) is 16.3. The predicted molar refractivity (Wildman–Crippen MR) is 104 cm³/mol. The van der Waals surface area contributed by atoms with E-state index in [1.165, 1.54) is 5.56 Å². The average Bonchev–Trinajstić information content (AvgIpc) is 2.67. The summed E-state index contributed by atoms with van der Waals surface area (Å²) >= 11 is 3.56. The Morgan fingerprint density at radius 2 is 1.88 bits per heavy atom. The molecule has 0 amide bonds. The minimum absolute atomic E-state index is 0.534. The van der Waals surface area contributed by atoms with Crippen molar-refractivity contribution in [3.63, 3.8) is 0 Å². The summed E-state index contributed by atoms with van der Waals surface area (Å²) in [6.45, 7) is 1.97. The van der Waals surface area contributed by atoms with Gasteiger partial charge in [0, 0.05) is 22.9 Å². The van der Waals surface area contributed by atoms with E-state index in [0.29, 0.717) is 5.92 Å². The highest BCUT2D eigenvalue weighted by molar-refractivity contribution is 9.10. The Bertz CT molecular complexity index is 891. The summed E-state index contributed by atoms with van der Waals surface area (Å²) in [4.78, 5) is 11.3. The third-order valence-electron chi connectivity index (χ3n) is 4.95. The van der Waals surface area contributed by atoms with Gasteiger partial charge in [0.15, 0.2) is 0 Å². The Labute approximate surface area is 156 Å². The van der Waals surface area contributed by atoms with Crippen LogP contribution in [0.15, 0.2) is 53.3 Å². The van der Waals surface area contributed by atoms with Crippen molar-refractivity contribution in [2.24, 2.45) is 0 Å². The number of nitrogens with zero attached hydrogens (tertiary/aromatic N) is 3. The quantitative estimate of drug-likeness (QED) is 0.636. The van der Waals surface area contributed by atoms with E-state index in [1.54, 1.807) is 13.4 Å². The number of hydrogen-bond acceptors (Lipinski definition) is 4. The SMILES string of the molecule is COc1ccccc1C1CCN(c2ncnc3ccc(Br)cc23)CC1. The number of aromatic nitrogens is 2. The molecule has 0 bridgehead atoms. The summed E-state index contributed by atoms with van der Waals surface area (Å²) in [5.41, 5.74) is 2.31. The highest BCUT2D eigenvalue weighted by atomic mass is 79.9. The molecule has 0 aliphatic carbocycles. The van der Waals surface area contributed by atoms with Crippen molar-refractivity contribution >= 4 is 32.7 Å². The van der Waals surface area contributed by atoms with Gasteiger partial charge in [-0.25, -0.2) is 9.97 Å². The second-order valence-corrected chi connectivity index (χ2v) is 7.28. The van der Waals surface area contributed by atoms with Gasteiger partial charge in [0.2, 0.25) is 0 Å². The zero-order valence-corrected chi connectivity index (χ0v) is 15.7. The number of piperidine rings is 1. The molecule has 3 aromatic rings. The maximum atomic E-state index is 5.54. The van der Waals surface area contributed by atoms with Gasteiger partial charge in [-0.3, -0.25) is 0 Å². The number of hydrogen-bond donors (Lipinski definition) is 0. The minimum Gasteiger partial charge on any atom is -0.496 e. The number of para-hydroxylation sites is 1. The molecule has 0 N–H and O–H groups in total. The van der Waals surface area contributed by atoms with Crippen molar-refractivity contribution in [3.8, 4) is 5.75 Å². The number of methoxy groups -OCH3 is 1. The Kier molecular flexibility index (Phi) is 4.57. The van der Waals surface area contributed by atoms with Crippen molar-refractivity contribution in [2.75, 3.05) is 25.1 Å². The number of ether oxygens (including phenoxy) is 1. The minimum atomic E-state index is 0.534. The van der Waals surface area contributed by atoms with Crippen molar-refractivity contribution in [2.45, 2.75) is 18.8 Å².